The van der Waals surface area contributed by atoms with Gasteiger partial charge in [0.2, 0.25) is 0 Å². The van der Waals surface area contributed by atoms with E-state index in [1.165, 1.54) is 13.8 Å². The first kappa shape index (κ1) is 46.0. The summed E-state index contributed by atoms with van der Waals surface area (Å²) in [4.78, 5) is 24.5. The number of hydrogen-bond donors (Lipinski definition) is 7. The summed E-state index contributed by atoms with van der Waals surface area (Å²) in [5.41, 5.74) is -3.46. The van der Waals surface area contributed by atoms with Gasteiger partial charge in [-0.05, 0) is 117 Å². The Kier molecular flexibility index (Phi) is 11.5. The lowest BCUT2D eigenvalue weighted by molar-refractivity contribution is -0.339. The minimum Gasteiger partial charge on any atom is -0.455 e. The van der Waals surface area contributed by atoms with Crippen molar-refractivity contribution in [2.45, 2.75) is 211 Å². The lowest BCUT2D eigenvalue weighted by atomic mass is 9.41. The number of hydrogen-bond acceptors (Lipinski definition) is 16. The molecule has 5 aliphatic carbocycles. The fourth-order valence-electron chi connectivity index (χ4n) is 15.5. The van der Waals surface area contributed by atoms with Crippen molar-refractivity contribution < 1.29 is 78.5 Å². The Hall–Kier alpha value is -1.54. The maximum absolute atomic E-state index is 12.4. The molecule has 2 spiro atoms. The summed E-state index contributed by atoms with van der Waals surface area (Å²) >= 11 is 0. The molecule has 0 aromatic carbocycles. The summed E-state index contributed by atoms with van der Waals surface area (Å²) in [7, 11) is 0. The summed E-state index contributed by atoms with van der Waals surface area (Å²) in [5.74, 6) is -1.67. The molecule has 5 saturated carbocycles. The average Bonchev–Trinajstić information content (AvgIpc) is 3.52. The van der Waals surface area contributed by atoms with Crippen molar-refractivity contribution in [2.75, 3.05) is 13.2 Å². The molecule has 348 valence electrons. The largest absolute Gasteiger partial charge is 0.455 e. The van der Waals surface area contributed by atoms with E-state index in [2.05, 4.69) is 34.6 Å². The molecule has 3 heterocycles. The van der Waals surface area contributed by atoms with Crippen molar-refractivity contribution in [3.8, 4) is 0 Å². The van der Waals surface area contributed by atoms with E-state index < -0.39 is 109 Å². The maximum Gasteiger partial charge on any atom is 0.303 e. The quantitative estimate of drug-likeness (QED) is 0.129. The molecule has 0 radical (unpaired) electrons. The van der Waals surface area contributed by atoms with Gasteiger partial charge < -0.3 is 68.9 Å². The van der Waals surface area contributed by atoms with Crippen LogP contribution in [0.25, 0.3) is 0 Å². The van der Waals surface area contributed by atoms with Crippen molar-refractivity contribution in [3.05, 3.63) is 0 Å². The number of aliphatic hydroxyl groups is 7. The second kappa shape index (κ2) is 15.3. The lowest BCUT2D eigenvalue weighted by Gasteiger charge is -2.65. The van der Waals surface area contributed by atoms with E-state index in [-0.39, 0.29) is 52.1 Å². The molecular formula is C45H72O16. The zero-order valence-electron chi connectivity index (χ0n) is 37.3. The zero-order chi connectivity index (χ0) is 44.6. The molecule has 21 atom stereocenters. The maximum atomic E-state index is 12.4. The summed E-state index contributed by atoms with van der Waals surface area (Å²) in [6.07, 6.45) is -7.80. The third kappa shape index (κ3) is 6.89. The molecule has 16 nitrogen and oxygen atoms in total. The molecule has 8 rings (SSSR count). The van der Waals surface area contributed by atoms with Gasteiger partial charge in [0, 0.05) is 19.8 Å². The van der Waals surface area contributed by atoms with Gasteiger partial charge in [-0.15, -0.1) is 0 Å². The number of rotatable bonds is 9. The summed E-state index contributed by atoms with van der Waals surface area (Å²) in [6, 6.07) is 0. The Balaban J connectivity index is 1.15. The fourth-order valence-corrected chi connectivity index (χ4v) is 15.5. The van der Waals surface area contributed by atoms with E-state index in [0.29, 0.717) is 25.7 Å². The molecule has 8 aliphatic rings. The molecule has 0 aromatic heterocycles. The molecular weight excluding hydrogens is 796 g/mol. The second-order valence-corrected chi connectivity index (χ2v) is 22.2. The van der Waals surface area contributed by atoms with Gasteiger partial charge in [-0.3, -0.25) is 9.59 Å². The molecule has 16 heteroatoms. The predicted molar refractivity (Wildman–Crippen MR) is 213 cm³/mol. The standard InChI is InChI=1S/C45H72O16/c1-21(47)56-33-24(50)19-55-38(34(33)57-22(2)48)60-28-11-13-45-20-44(45)15-14-41(7)35(43(9)12-10-29(61-43)40(5,6)54)23(49)17-42(41,8)27(44)16-25(36(45)39(28,3)4)58-37-32(53)31(52)30(51)26(18-46)59-37/h23-38,46,49-54H,10-20H2,1-9H3/t23-,24+,25-,26+,27-,28-,29+,30+,31-,32+,33-,34+,35-,36-,37+,38-,41+,42-,43-,44-,45+/m0/s1. The predicted octanol–water partition coefficient (Wildman–Crippen LogP) is 1.87. The Morgan fingerprint density at radius 3 is 2.05 bits per heavy atom. The molecule has 61 heavy (non-hydrogen) atoms. The van der Waals surface area contributed by atoms with Gasteiger partial charge in [-0.25, -0.2) is 0 Å². The highest BCUT2D eigenvalue weighted by molar-refractivity contribution is 5.67. The van der Waals surface area contributed by atoms with Crippen molar-refractivity contribution in [2.24, 2.45) is 44.8 Å². The fraction of sp³-hybridized carbons (Fsp3) is 0.956. The Bertz CT molecular complexity index is 1680. The van der Waals surface area contributed by atoms with Crippen LogP contribution in [0, 0.1) is 44.8 Å². The first-order valence-electron chi connectivity index (χ1n) is 22.6. The van der Waals surface area contributed by atoms with Crippen LogP contribution < -0.4 is 0 Å². The van der Waals surface area contributed by atoms with Gasteiger partial charge in [0.05, 0.1) is 48.8 Å². The van der Waals surface area contributed by atoms with Crippen molar-refractivity contribution in [3.63, 3.8) is 0 Å². The second-order valence-electron chi connectivity index (χ2n) is 22.2. The van der Waals surface area contributed by atoms with E-state index in [9.17, 15) is 45.3 Å². The molecule has 8 fully saturated rings. The Labute approximate surface area is 358 Å². The van der Waals surface area contributed by atoms with Crippen LogP contribution in [0.5, 0.6) is 0 Å². The van der Waals surface area contributed by atoms with Crippen molar-refractivity contribution >= 4 is 11.9 Å². The normalized spacial score (nSPS) is 53.8. The van der Waals surface area contributed by atoms with Crippen LogP contribution in [0.15, 0.2) is 0 Å². The van der Waals surface area contributed by atoms with Crippen LogP contribution in [0.4, 0.5) is 0 Å². The van der Waals surface area contributed by atoms with Gasteiger partial charge in [0.15, 0.2) is 24.8 Å². The van der Waals surface area contributed by atoms with Crippen LogP contribution in [0.1, 0.15) is 120 Å². The summed E-state index contributed by atoms with van der Waals surface area (Å²) < 4.78 is 43.6. The number of carbonyl (C=O) groups is 2. The van der Waals surface area contributed by atoms with Crippen molar-refractivity contribution in [1.29, 1.82) is 0 Å². The molecule has 0 aromatic rings. The van der Waals surface area contributed by atoms with E-state index in [4.69, 9.17) is 33.2 Å². The smallest absolute Gasteiger partial charge is 0.303 e. The van der Waals surface area contributed by atoms with Crippen molar-refractivity contribution in [1.82, 2.24) is 0 Å². The van der Waals surface area contributed by atoms with Gasteiger partial charge >= 0.3 is 11.9 Å². The van der Waals surface area contributed by atoms with Crippen LogP contribution >= 0.6 is 0 Å². The van der Waals surface area contributed by atoms with Gasteiger partial charge in [0.25, 0.3) is 0 Å². The number of ether oxygens (including phenoxy) is 7. The SMILES string of the molecule is CC(=O)O[C@@H]1[C@@H](OC(C)=O)[C@H](O[C@H]2CC[C@]34C[C@]35CC[C@]3(C)[C@@H]([C@]6(C)CC[C@H](C(C)(C)O)O6)[C@@H](O)C[C@@]3(C)[C@@H]5C[C@H](O[C@@H]3O[C@H](CO)[C@@H](O)[C@H](O)[C@H]3O)[C@H]4C2(C)C)OC[C@H]1O. The minimum atomic E-state index is -1.63. The average molecular weight is 869 g/mol. The third-order valence-corrected chi connectivity index (χ3v) is 18.2. The Morgan fingerprint density at radius 1 is 0.754 bits per heavy atom. The van der Waals surface area contributed by atoms with Crippen LogP contribution in [0.3, 0.4) is 0 Å². The molecule has 3 aliphatic heterocycles. The highest BCUT2D eigenvalue weighted by Gasteiger charge is 2.85. The number of aliphatic hydroxyl groups excluding tert-OH is 6. The van der Waals surface area contributed by atoms with Gasteiger partial charge in [-0.1, -0.05) is 27.7 Å². The van der Waals surface area contributed by atoms with Crippen LogP contribution in [-0.2, 0) is 42.7 Å². The van der Waals surface area contributed by atoms with E-state index in [0.717, 1.165) is 32.1 Å². The molecule has 0 amide bonds. The number of fused-ring (bicyclic) bond motifs is 2. The molecule has 0 unspecified atom stereocenters. The summed E-state index contributed by atoms with van der Waals surface area (Å²) in [5, 5.41) is 77.1. The van der Waals surface area contributed by atoms with Crippen LogP contribution in [-0.4, -0.2) is 152 Å². The zero-order valence-corrected chi connectivity index (χ0v) is 37.3. The first-order chi connectivity index (χ1) is 28.3. The highest BCUT2D eigenvalue weighted by atomic mass is 16.7. The van der Waals surface area contributed by atoms with Gasteiger partial charge in [0.1, 0.15) is 30.5 Å². The third-order valence-electron chi connectivity index (χ3n) is 18.2. The minimum absolute atomic E-state index is 0.0638. The Morgan fingerprint density at radius 2 is 1.43 bits per heavy atom. The van der Waals surface area contributed by atoms with E-state index in [1.54, 1.807) is 13.8 Å². The topological polar surface area (TPSA) is 240 Å². The van der Waals surface area contributed by atoms with Gasteiger partial charge in [-0.2, -0.15) is 0 Å². The summed E-state index contributed by atoms with van der Waals surface area (Å²) in [6.45, 7) is 16.1. The lowest BCUT2D eigenvalue weighted by Crippen LogP contribution is -2.65. The van der Waals surface area contributed by atoms with Crippen LogP contribution in [0.2, 0.25) is 0 Å². The number of carbonyl (C=O) groups excluding carboxylic acids is 2. The van der Waals surface area contributed by atoms with E-state index in [1.807, 2.05) is 0 Å². The monoisotopic (exact) mass is 868 g/mol. The molecule has 3 saturated heterocycles. The molecule has 0 bridgehead atoms. The van der Waals surface area contributed by atoms with E-state index >= 15 is 0 Å². The highest BCUT2D eigenvalue weighted by Crippen LogP contribution is 2.89. The number of esters is 2. The first-order valence-corrected chi connectivity index (χ1v) is 22.6. The molecule has 7 N–H and O–H groups in total.